The average molecular weight is 300 g/mol. The Morgan fingerprint density at radius 2 is 1.76 bits per heavy atom. The zero-order valence-corrected chi connectivity index (χ0v) is 12.4. The van der Waals surface area contributed by atoms with Crippen molar-refractivity contribution in [1.82, 2.24) is 10.2 Å². The molecule has 2 rings (SSSR count). The number of likely N-dealkylation sites (N-methyl/N-ethyl adjacent to an activating group) is 1. The Labute approximate surface area is 124 Å². The molecule has 0 aromatic carbocycles. The van der Waals surface area contributed by atoms with Crippen molar-refractivity contribution in [1.29, 1.82) is 0 Å². The van der Waals surface area contributed by atoms with E-state index in [0.29, 0.717) is 38.9 Å². The first-order valence-corrected chi connectivity index (χ1v) is 7.44. The zero-order chi connectivity index (χ0) is 15.5. The first kappa shape index (κ1) is 16.0. The van der Waals surface area contributed by atoms with Crippen LogP contribution in [0.2, 0.25) is 0 Å². The number of aliphatic carboxylic acids is 1. The van der Waals surface area contributed by atoms with Crippen LogP contribution in [0, 0.1) is 0 Å². The van der Waals surface area contributed by atoms with Gasteiger partial charge in [-0.2, -0.15) is 0 Å². The number of carbonyl (C=O) groups excluding carboxylic acids is 1. The fraction of sp³-hybridized carbons (Fsp3) is 0.857. The van der Waals surface area contributed by atoms with Crippen molar-refractivity contribution < 1.29 is 24.5 Å². The maximum atomic E-state index is 12.2. The lowest BCUT2D eigenvalue weighted by molar-refractivity contribution is -0.144. The van der Waals surface area contributed by atoms with Gasteiger partial charge in [-0.05, 0) is 12.8 Å². The minimum absolute atomic E-state index is 0.178. The SMILES string of the molecule is CN(CC1(O)CCOCC1)C(=O)NC1(C(=O)O)CCCC1. The summed E-state index contributed by atoms with van der Waals surface area (Å²) < 4.78 is 5.21. The third-order valence-corrected chi connectivity index (χ3v) is 4.51. The largest absolute Gasteiger partial charge is 0.480 e. The monoisotopic (exact) mass is 300 g/mol. The van der Waals surface area contributed by atoms with E-state index in [9.17, 15) is 19.8 Å². The number of aliphatic hydroxyl groups is 1. The predicted octanol–water partition coefficient (Wildman–Crippen LogP) is 0.567. The number of rotatable bonds is 4. The van der Waals surface area contributed by atoms with Gasteiger partial charge in [-0.25, -0.2) is 9.59 Å². The van der Waals surface area contributed by atoms with Gasteiger partial charge < -0.3 is 25.2 Å². The van der Waals surface area contributed by atoms with Gasteiger partial charge in [0, 0.05) is 33.1 Å². The number of carboxylic acids is 1. The smallest absolute Gasteiger partial charge is 0.329 e. The van der Waals surface area contributed by atoms with Gasteiger partial charge in [0.1, 0.15) is 5.54 Å². The molecule has 1 aliphatic carbocycles. The van der Waals surface area contributed by atoms with Crippen molar-refractivity contribution in [2.24, 2.45) is 0 Å². The van der Waals surface area contributed by atoms with Gasteiger partial charge in [0.05, 0.1) is 12.1 Å². The molecule has 2 amide bonds. The summed E-state index contributed by atoms with van der Waals surface area (Å²) in [6.45, 7) is 1.13. The van der Waals surface area contributed by atoms with E-state index < -0.39 is 23.1 Å². The minimum atomic E-state index is -1.15. The molecular weight excluding hydrogens is 276 g/mol. The minimum Gasteiger partial charge on any atom is -0.480 e. The molecule has 7 heteroatoms. The van der Waals surface area contributed by atoms with Crippen LogP contribution in [0.4, 0.5) is 4.79 Å². The van der Waals surface area contributed by atoms with Gasteiger partial charge in [-0.3, -0.25) is 0 Å². The molecule has 0 unspecified atom stereocenters. The van der Waals surface area contributed by atoms with Crippen LogP contribution in [-0.2, 0) is 9.53 Å². The molecule has 21 heavy (non-hydrogen) atoms. The van der Waals surface area contributed by atoms with Crippen molar-refractivity contribution in [2.75, 3.05) is 26.8 Å². The van der Waals surface area contributed by atoms with Crippen LogP contribution in [0.3, 0.4) is 0 Å². The Hall–Kier alpha value is -1.34. The van der Waals surface area contributed by atoms with Gasteiger partial charge in [0.15, 0.2) is 0 Å². The van der Waals surface area contributed by atoms with E-state index >= 15 is 0 Å². The molecule has 1 saturated carbocycles. The lowest BCUT2D eigenvalue weighted by atomic mass is 9.94. The van der Waals surface area contributed by atoms with Crippen LogP contribution in [-0.4, -0.2) is 65.1 Å². The molecule has 1 saturated heterocycles. The Balaban J connectivity index is 1.94. The van der Waals surface area contributed by atoms with E-state index in [1.54, 1.807) is 7.05 Å². The van der Waals surface area contributed by atoms with Crippen molar-refractivity contribution in [2.45, 2.75) is 49.7 Å². The normalized spacial score (nSPS) is 23.5. The maximum absolute atomic E-state index is 12.2. The molecule has 0 radical (unpaired) electrons. The van der Waals surface area contributed by atoms with Gasteiger partial charge in [-0.1, -0.05) is 12.8 Å². The van der Waals surface area contributed by atoms with Crippen molar-refractivity contribution in [3.05, 3.63) is 0 Å². The van der Waals surface area contributed by atoms with E-state index in [4.69, 9.17) is 4.74 Å². The summed E-state index contributed by atoms with van der Waals surface area (Å²) in [6, 6.07) is -0.445. The topological polar surface area (TPSA) is 99.1 Å². The van der Waals surface area contributed by atoms with E-state index in [1.807, 2.05) is 0 Å². The number of carbonyl (C=O) groups is 2. The molecular formula is C14H24N2O5. The molecule has 0 aromatic rings. The highest BCUT2D eigenvalue weighted by molar-refractivity contribution is 5.86. The Morgan fingerprint density at radius 3 is 2.29 bits per heavy atom. The summed E-state index contributed by atoms with van der Waals surface area (Å²) in [6.07, 6.45) is 3.48. The summed E-state index contributed by atoms with van der Waals surface area (Å²) in [5.41, 5.74) is -2.10. The summed E-state index contributed by atoms with van der Waals surface area (Å²) in [4.78, 5) is 25.0. The summed E-state index contributed by atoms with van der Waals surface area (Å²) >= 11 is 0. The molecule has 0 spiro atoms. The highest BCUT2D eigenvalue weighted by atomic mass is 16.5. The van der Waals surface area contributed by atoms with Crippen LogP contribution < -0.4 is 5.32 Å². The van der Waals surface area contributed by atoms with E-state index in [-0.39, 0.29) is 6.54 Å². The second kappa shape index (κ2) is 6.19. The molecule has 1 aliphatic heterocycles. The molecule has 0 atom stereocenters. The number of ether oxygens (including phenoxy) is 1. The fourth-order valence-electron chi connectivity index (χ4n) is 3.09. The van der Waals surface area contributed by atoms with E-state index in [1.165, 1.54) is 4.90 Å². The number of hydrogen-bond acceptors (Lipinski definition) is 4. The third-order valence-electron chi connectivity index (χ3n) is 4.51. The summed E-state index contributed by atoms with van der Waals surface area (Å²) in [7, 11) is 1.58. The molecule has 3 N–H and O–H groups in total. The van der Waals surface area contributed by atoms with Crippen molar-refractivity contribution in [3.63, 3.8) is 0 Å². The maximum Gasteiger partial charge on any atom is 0.329 e. The number of amides is 2. The second-order valence-corrected chi connectivity index (χ2v) is 6.22. The molecule has 120 valence electrons. The summed E-state index contributed by atoms with van der Waals surface area (Å²) in [5.74, 6) is -0.980. The second-order valence-electron chi connectivity index (χ2n) is 6.22. The first-order valence-electron chi connectivity index (χ1n) is 7.44. The predicted molar refractivity (Wildman–Crippen MR) is 75.0 cm³/mol. The number of urea groups is 1. The van der Waals surface area contributed by atoms with E-state index in [2.05, 4.69) is 5.32 Å². The standard InChI is InChI=1S/C14H24N2O5/c1-16(10-13(20)6-8-21-9-7-13)12(19)15-14(11(17)18)4-2-3-5-14/h20H,2-10H2,1H3,(H,15,19)(H,17,18). The number of nitrogens with zero attached hydrogens (tertiary/aromatic N) is 1. The van der Waals surface area contributed by atoms with Crippen LogP contribution in [0.5, 0.6) is 0 Å². The molecule has 0 aromatic heterocycles. The van der Waals surface area contributed by atoms with Crippen molar-refractivity contribution in [3.8, 4) is 0 Å². The zero-order valence-electron chi connectivity index (χ0n) is 12.4. The van der Waals surface area contributed by atoms with Crippen LogP contribution in [0.15, 0.2) is 0 Å². The van der Waals surface area contributed by atoms with Crippen LogP contribution in [0.25, 0.3) is 0 Å². The van der Waals surface area contributed by atoms with Crippen LogP contribution in [0.1, 0.15) is 38.5 Å². The Kier molecular flexibility index (Phi) is 4.73. The number of carboxylic acid groups (broad SMARTS) is 1. The van der Waals surface area contributed by atoms with Crippen LogP contribution >= 0.6 is 0 Å². The fourth-order valence-corrected chi connectivity index (χ4v) is 3.09. The Morgan fingerprint density at radius 1 is 1.19 bits per heavy atom. The quantitative estimate of drug-likeness (QED) is 0.705. The highest BCUT2D eigenvalue weighted by Gasteiger charge is 2.43. The van der Waals surface area contributed by atoms with Gasteiger partial charge in [0.25, 0.3) is 0 Å². The van der Waals surface area contributed by atoms with Gasteiger partial charge in [-0.15, -0.1) is 0 Å². The molecule has 2 fully saturated rings. The third kappa shape index (κ3) is 3.65. The molecule has 1 heterocycles. The Bertz CT molecular complexity index is 400. The van der Waals surface area contributed by atoms with Gasteiger partial charge in [0.2, 0.25) is 0 Å². The molecule has 0 bridgehead atoms. The summed E-state index contributed by atoms with van der Waals surface area (Å²) in [5, 5.41) is 22.4. The number of hydrogen-bond donors (Lipinski definition) is 3. The van der Waals surface area contributed by atoms with E-state index in [0.717, 1.165) is 12.8 Å². The molecule has 7 nitrogen and oxygen atoms in total. The van der Waals surface area contributed by atoms with Crippen molar-refractivity contribution >= 4 is 12.0 Å². The average Bonchev–Trinajstić information content (AvgIpc) is 2.89. The first-order chi connectivity index (χ1) is 9.87. The number of nitrogens with one attached hydrogen (secondary N) is 1. The molecule has 2 aliphatic rings. The highest BCUT2D eigenvalue weighted by Crippen LogP contribution is 2.30. The lowest BCUT2D eigenvalue weighted by Gasteiger charge is -2.36. The van der Waals surface area contributed by atoms with Gasteiger partial charge >= 0.3 is 12.0 Å². The lowest BCUT2D eigenvalue weighted by Crippen LogP contribution is -2.58.